The largest absolute Gasteiger partial charge is 0.353 e. The molecule has 1 amide bonds. The molecule has 1 N–H and O–H groups in total. The molecule has 30 heavy (non-hydrogen) atoms. The maximum absolute atomic E-state index is 12.6. The monoisotopic (exact) mass is 402 g/mol. The first-order valence-electron chi connectivity index (χ1n) is 10.3. The molecule has 0 bridgehead atoms. The van der Waals surface area contributed by atoms with Crippen LogP contribution in [0.4, 0.5) is 17.5 Å². The van der Waals surface area contributed by atoms with Gasteiger partial charge in [0, 0.05) is 44.9 Å². The standard InChI is InChI=1S/C23H26N6O/c1-18-5-4-6-19(15-18)8-9-23(30)29-13-11-28(12-14-29)22-16-21(25-17-26-22)27-20-7-2-3-10-24-20/h2-7,10,15-17H,8-9,11-14H2,1H3,(H,24,25,26,27). The minimum atomic E-state index is 0.219. The average Bonchev–Trinajstić information content (AvgIpc) is 2.78. The summed E-state index contributed by atoms with van der Waals surface area (Å²) in [6.45, 7) is 5.01. The Bertz CT molecular complexity index is 986. The highest BCUT2D eigenvalue weighted by atomic mass is 16.2. The van der Waals surface area contributed by atoms with Crippen molar-refractivity contribution in [3.8, 4) is 0 Å². The molecule has 1 aromatic carbocycles. The van der Waals surface area contributed by atoms with Crippen LogP contribution in [-0.2, 0) is 11.2 Å². The van der Waals surface area contributed by atoms with Gasteiger partial charge < -0.3 is 15.1 Å². The third kappa shape index (κ3) is 5.11. The van der Waals surface area contributed by atoms with Crippen LogP contribution in [0.2, 0.25) is 0 Å². The molecule has 3 heterocycles. The van der Waals surface area contributed by atoms with Gasteiger partial charge >= 0.3 is 0 Å². The number of piperazine rings is 1. The number of hydrogen-bond donors (Lipinski definition) is 1. The van der Waals surface area contributed by atoms with Crippen LogP contribution in [0.15, 0.2) is 61.1 Å². The normalized spacial score (nSPS) is 13.9. The molecule has 0 spiro atoms. The van der Waals surface area contributed by atoms with Crippen LogP contribution in [0.25, 0.3) is 0 Å². The number of nitrogens with zero attached hydrogens (tertiary/aromatic N) is 5. The summed E-state index contributed by atoms with van der Waals surface area (Å²) in [5, 5.41) is 3.19. The highest BCUT2D eigenvalue weighted by molar-refractivity contribution is 5.76. The molecule has 1 aliphatic rings. The van der Waals surface area contributed by atoms with Crippen LogP contribution in [0, 0.1) is 6.92 Å². The predicted octanol–water partition coefficient (Wildman–Crippen LogP) is 3.21. The van der Waals surface area contributed by atoms with E-state index in [9.17, 15) is 4.79 Å². The first kappa shape index (κ1) is 19.8. The van der Waals surface area contributed by atoms with Crippen molar-refractivity contribution in [2.24, 2.45) is 0 Å². The van der Waals surface area contributed by atoms with Crippen molar-refractivity contribution in [2.75, 3.05) is 36.4 Å². The van der Waals surface area contributed by atoms with Crippen molar-refractivity contribution >= 4 is 23.4 Å². The van der Waals surface area contributed by atoms with Gasteiger partial charge in [-0.1, -0.05) is 35.9 Å². The van der Waals surface area contributed by atoms with Crippen molar-refractivity contribution in [3.05, 3.63) is 72.2 Å². The Labute approximate surface area is 176 Å². The van der Waals surface area contributed by atoms with E-state index < -0.39 is 0 Å². The van der Waals surface area contributed by atoms with E-state index in [1.54, 1.807) is 12.5 Å². The maximum atomic E-state index is 12.6. The third-order valence-corrected chi connectivity index (χ3v) is 5.24. The molecule has 0 atom stereocenters. The van der Waals surface area contributed by atoms with E-state index in [0.717, 1.165) is 31.1 Å². The Balaban J connectivity index is 1.30. The van der Waals surface area contributed by atoms with Crippen molar-refractivity contribution in [3.63, 3.8) is 0 Å². The summed E-state index contributed by atoms with van der Waals surface area (Å²) in [5.74, 6) is 2.52. The zero-order chi connectivity index (χ0) is 20.8. The van der Waals surface area contributed by atoms with E-state index in [1.165, 1.54) is 11.1 Å². The second-order valence-electron chi connectivity index (χ2n) is 7.46. The van der Waals surface area contributed by atoms with Crippen LogP contribution >= 0.6 is 0 Å². The zero-order valence-electron chi connectivity index (χ0n) is 17.2. The van der Waals surface area contributed by atoms with Crippen molar-refractivity contribution in [2.45, 2.75) is 19.8 Å². The molecule has 7 heteroatoms. The van der Waals surface area contributed by atoms with E-state index in [-0.39, 0.29) is 5.91 Å². The molecule has 4 rings (SSSR count). The van der Waals surface area contributed by atoms with Gasteiger partial charge in [-0.2, -0.15) is 0 Å². The zero-order valence-corrected chi connectivity index (χ0v) is 17.2. The van der Waals surface area contributed by atoms with Crippen molar-refractivity contribution in [1.29, 1.82) is 0 Å². The SMILES string of the molecule is Cc1cccc(CCC(=O)N2CCN(c3cc(Nc4ccccn4)ncn3)CC2)c1. The Hall–Kier alpha value is -3.48. The Morgan fingerprint density at radius 3 is 2.60 bits per heavy atom. The minimum Gasteiger partial charge on any atom is -0.353 e. The number of amides is 1. The second-order valence-corrected chi connectivity index (χ2v) is 7.46. The molecular formula is C23H26N6O. The van der Waals surface area contributed by atoms with Crippen LogP contribution in [0.1, 0.15) is 17.5 Å². The molecular weight excluding hydrogens is 376 g/mol. The summed E-state index contributed by atoms with van der Waals surface area (Å²) in [6.07, 6.45) is 4.63. The van der Waals surface area contributed by atoms with Crippen LogP contribution in [-0.4, -0.2) is 51.9 Å². The molecule has 2 aromatic heterocycles. The smallest absolute Gasteiger partial charge is 0.223 e. The number of benzene rings is 1. The minimum absolute atomic E-state index is 0.219. The number of anilines is 3. The van der Waals surface area contributed by atoms with E-state index in [0.29, 0.717) is 25.3 Å². The van der Waals surface area contributed by atoms with Crippen LogP contribution in [0.3, 0.4) is 0 Å². The summed E-state index contributed by atoms with van der Waals surface area (Å²) in [7, 11) is 0. The van der Waals surface area contributed by atoms with E-state index in [4.69, 9.17) is 0 Å². The number of hydrogen-bond acceptors (Lipinski definition) is 6. The quantitative estimate of drug-likeness (QED) is 0.683. The second kappa shape index (κ2) is 9.35. The molecule has 1 fully saturated rings. The lowest BCUT2D eigenvalue weighted by molar-refractivity contribution is -0.131. The van der Waals surface area contributed by atoms with Gasteiger partial charge in [-0.25, -0.2) is 15.0 Å². The van der Waals surface area contributed by atoms with Gasteiger partial charge in [-0.3, -0.25) is 4.79 Å². The van der Waals surface area contributed by atoms with Gasteiger partial charge in [-0.05, 0) is 31.0 Å². The predicted molar refractivity (Wildman–Crippen MR) is 118 cm³/mol. The van der Waals surface area contributed by atoms with Crippen LogP contribution < -0.4 is 10.2 Å². The molecule has 7 nitrogen and oxygen atoms in total. The molecule has 0 unspecified atom stereocenters. The molecule has 0 aliphatic carbocycles. The van der Waals surface area contributed by atoms with Gasteiger partial charge in [0.15, 0.2) is 0 Å². The van der Waals surface area contributed by atoms with Gasteiger partial charge in [-0.15, -0.1) is 0 Å². The number of pyridine rings is 1. The Morgan fingerprint density at radius 1 is 0.967 bits per heavy atom. The summed E-state index contributed by atoms with van der Waals surface area (Å²) in [4.78, 5) is 29.7. The Kier molecular flexibility index (Phi) is 6.17. The molecule has 0 radical (unpaired) electrons. The molecule has 0 saturated carbocycles. The van der Waals surface area contributed by atoms with E-state index >= 15 is 0 Å². The first-order valence-corrected chi connectivity index (χ1v) is 10.3. The van der Waals surface area contributed by atoms with Crippen LogP contribution in [0.5, 0.6) is 0 Å². The summed E-state index contributed by atoms with van der Waals surface area (Å²) >= 11 is 0. The van der Waals surface area contributed by atoms with E-state index in [1.807, 2.05) is 35.2 Å². The fourth-order valence-electron chi connectivity index (χ4n) is 3.62. The van der Waals surface area contributed by atoms with Crippen molar-refractivity contribution in [1.82, 2.24) is 19.9 Å². The van der Waals surface area contributed by atoms with Gasteiger partial charge in [0.2, 0.25) is 5.91 Å². The van der Waals surface area contributed by atoms with Gasteiger partial charge in [0.1, 0.15) is 23.8 Å². The third-order valence-electron chi connectivity index (χ3n) is 5.24. The highest BCUT2D eigenvalue weighted by Gasteiger charge is 2.22. The Morgan fingerprint density at radius 2 is 1.83 bits per heavy atom. The molecule has 3 aromatic rings. The number of carbonyl (C=O) groups is 1. The first-order chi connectivity index (χ1) is 14.7. The average molecular weight is 403 g/mol. The number of carbonyl (C=O) groups excluding carboxylic acids is 1. The summed E-state index contributed by atoms with van der Waals surface area (Å²) in [6, 6.07) is 16.0. The van der Waals surface area contributed by atoms with E-state index in [2.05, 4.69) is 50.3 Å². The van der Waals surface area contributed by atoms with Gasteiger partial charge in [0.25, 0.3) is 0 Å². The highest BCUT2D eigenvalue weighted by Crippen LogP contribution is 2.19. The number of aryl methyl sites for hydroxylation is 2. The summed E-state index contributed by atoms with van der Waals surface area (Å²) < 4.78 is 0. The summed E-state index contributed by atoms with van der Waals surface area (Å²) in [5.41, 5.74) is 2.45. The fourth-order valence-corrected chi connectivity index (χ4v) is 3.62. The van der Waals surface area contributed by atoms with Crippen molar-refractivity contribution < 1.29 is 4.79 Å². The molecule has 1 aliphatic heterocycles. The number of aromatic nitrogens is 3. The number of nitrogens with one attached hydrogen (secondary N) is 1. The molecule has 154 valence electrons. The lowest BCUT2D eigenvalue weighted by atomic mass is 10.1. The lowest BCUT2D eigenvalue weighted by Gasteiger charge is -2.35. The fraction of sp³-hybridized carbons (Fsp3) is 0.304. The maximum Gasteiger partial charge on any atom is 0.223 e. The number of rotatable bonds is 6. The molecule has 1 saturated heterocycles. The topological polar surface area (TPSA) is 74.2 Å². The van der Waals surface area contributed by atoms with Gasteiger partial charge in [0.05, 0.1) is 0 Å². The lowest BCUT2D eigenvalue weighted by Crippen LogP contribution is -2.49.